The average molecular weight is 463 g/mol. The highest BCUT2D eigenvalue weighted by Crippen LogP contribution is 2.31. The summed E-state index contributed by atoms with van der Waals surface area (Å²) in [5.41, 5.74) is 4.05. The van der Waals surface area contributed by atoms with Gasteiger partial charge in [0.2, 0.25) is 15.9 Å². The summed E-state index contributed by atoms with van der Waals surface area (Å²) in [7, 11) is -3.41. The lowest BCUT2D eigenvalue weighted by Gasteiger charge is -2.30. The molecule has 2 heterocycles. The van der Waals surface area contributed by atoms with Crippen LogP contribution in [0.15, 0.2) is 71.1 Å². The lowest BCUT2D eigenvalue weighted by atomic mass is 9.97. The van der Waals surface area contributed by atoms with Crippen LogP contribution in [0.25, 0.3) is 21.9 Å². The van der Waals surface area contributed by atoms with Crippen molar-refractivity contribution in [3.63, 3.8) is 0 Å². The number of para-hydroxylation sites is 1. The molecule has 0 radical (unpaired) electrons. The van der Waals surface area contributed by atoms with Crippen molar-refractivity contribution in [3.05, 3.63) is 77.9 Å². The number of carbonyl (C=O) groups excluding carboxylic acids is 1. The highest BCUT2D eigenvalue weighted by Gasteiger charge is 2.31. The molecule has 1 aliphatic heterocycles. The van der Waals surface area contributed by atoms with E-state index >= 15 is 0 Å². The topological polar surface area (TPSA) is 79.6 Å². The highest BCUT2D eigenvalue weighted by atomic mass is 32.2. The van der Waals surface area contributed by atoms with Crippen molar-refractivity contribution < 1.29 is 17.6 Å². The van der Waals surface area contributed by atoms with Gasteiger partial charge in [0.25, 0.3) is 0 Å². The second-order valence-electron chi connectivity index (χ2n) is 8.72. The minimum atomic E-state index is -3.41. The molecule has 1 amide bonds. The Morgan fingerprint density at radius 3 is 2.52 bits per heavy atom. The van der Waals surface area contributed by atoms with Gasteiger partial charge in [-0.3, -0.25) is 4.79 Å². The molecule has 1 N–H and O–H groups in total. The van der Waals surface area contributed by atoms with Gasteiger partial charge in [-0.15, -0.1) is 0 Å². The van der Waals surface area contributed by atoms with Crippen LogP contribution in [-0.2, 0) is 20.6 Å². The summed E-state index contributed by atoms with van der Waals surface area (Å²) >= 11 is 0. The van der Waals surface area contributed by atoms with Crippen LogP contribution in [0.2, 0.25) is 0 Å². The minimum absolute atomic E-state index is 0.0109. The number of nitrogens with zero attached hydrogens (tertiary/aromatic N) is 1. The number of carbonyl (C=O) groups is 1. The number of hydrogen-bond acceptors (Lipinski definition) is 4. The van der Waals surface area contributed by atoms with E-state index < -0.39 is 10.0 Å². The van der Waals surface area contributed by atoms with E-state index in [1.54, 1.807) is 0 Å². The summed E-state index contributed by atoms with van der Waals surface area (Å²) in [6, 6.07) is 21.1. The quantitative estimate of drug-likeness (QED) is 0.449. The van der Waals surface area contributed by atoms with Crippen LogP contribution in [0.1, 0.15) is 24.0 Å². The van der Waals surface area contributed by atoms with Crippen molar-refractivity contribution in [2.75, 3.05) is 18.4 Å². The fraction of sp³-hybridized carbons (Fsp3) is 0.269. The number of fused-ring (bicyclic) bond motifs is 3. The first kappa shape index (κ1) is 21.7. The summed E-state index contributed by atoms with van der Waals surface area (Å²) in [5, 5.41) is 5.04. The molecule has 5 rings (SSSR count). The van der Waals surface area contributed by atoms with Gasteiger partial charge in [0, 0.05) is 41.5 Å². The monoisotopic (exact) mass is 462 g/mol. The zero-order chi connectivity index (χ0) is 23.0. The normalized spacial score (nSPS) is 15.8. The van der Waals surface area contributed by atoms with E-state index in [4.69, 9.17) is 4.42 Å². The van der Waals surface area contributed by atoms with Gasteiger partial charge in [-0.1, -0.05) is 48.0 Å². The number of benzene rings is 3. The molecule has 170 valence electrons. The van der Waals surface area contributed by atoms with Crippen molar-refractivity contribution in [2.24, 2.45) is 5.92 Å². The summed E-state index contributed by atoms with van der Waals surface area (Å²) in [4.78, 5) is 12.9. The van der Waals surface area contributed by atoms with Gasteiger partial charge in [0.1, 0.15) is 11.2 Å². The van der Waals surface area contributed by atoms with Crippen LogP contribution in [0, 0.1) is 12.8 Å². The molecule has 3 aromatic carbocycles. The molecule has 0 spiro atoms. The largest absolute Gasteiger partial charge is 0.456 e. The van der Waals surface area contributed by atoms with Crippen LogP contribution in [0.3, 0.4) is 0 Å². The molecule has 7 heteroatoms. The molecular weight excluding hydrogens is 436 g/mol. The Hall–Kier alpha value is -3.16. The van der Waals surface area contributed by atoms with Crippen molar-refractivity contribution >= 4 is 43.6 Å². The Morgan fingerprint density at radius 1 is 0.970 bits per heavy atom. The maximum atomic E-state index is 12.9. The van der Waals surface area contributed by atoms with E-state index in [0.29, 0.717) is 31.6 Å². The van der Waals surface area contributed by atoms with E-state index in [2.05, 4.69) is 5.32 Å². The summed E-state index contributed by atoms with van der Waals surface area (Å²) < 4.78 is 33.1. The molecular formula is C26H26N2O4S. The number of rotatable bonds is 5. The number of piperidine rings is 1. The Kier molecular flexibility index (Phi) is 5.68. The summed E-state index contributed by atoms with van der Waals surface area (Å²) in [6.07, 6.45) is 1.01. The Bertz CT molecular complexity index is 1430. The molecule has 1 saturated heterocycles. The standard InChI is InChI=1S/C26H26N2O4S/c1-18-5-4-6-19(15-18)17-33(30,31)28-13-11-20(12-14-28)26(29)27-21-9-10-23-22-7-2-3-8-24(22)32-25(23)16-21/h2-10,15-16,20H,11-14,17H2,1H3,(H,27,29). The molecule has 0 saturated carbocycles. The van der Waals surface area contributed by atoms with E-state index in [-0.39, 0.29) is 17.6 Å². The summed E-state index contributed by atoms with van der Waals surface area (Å²) in [6.45, 7) is 2.66. The predicted octanol–water partition coefficient (Wildman–Crippen LogP) is 5.07. The fourth-order valence-electron chi connectivity index (χ4n) is 4.55. The SMILES string of the molecule is Cc1cccc(CS(=O)(=O)N2CCC(C(=O)Nc3ccc4c(c3)oc3ccccc34)CC2)c1. The lowest BCUT2D eigenvalue weighted by molar-refractivity contribution is -0.120. The molecule has 1 fully saturated rings. The van der Waals surface area contributed by atoms with Gasteiger partial charge < -0.3 is 9.73 Å². The third-order valence-corrected chi connectivity index (χ3v) is 8.15. The van der Waals surface area contributed by atoms with Gasteiger partial charge in [-0.25, -0.2) is 12.7 Å². The van der Waals surface area contributed by atoms with Crippen LogP contribution in [-0.4, -0.2) is 31.7 Å². The molecule has 33 heavy (non-hydrogen) atoms. The molecule has 4 aromatic rings. The van der Waals surface area contributed by atoms with Crippen LogP contribution < -0.4 is 5.32 Å². The van der Waals surface area contributed by atoms with Crippen molar-refractivity contribution in [2.45, 2.75) is 25.5 Å². The zero-order valence-electron chi connectivity index (χ0n) is 18.5. The first-order valence-corrected chi connectivity index (χ1v) is 12.8. The maximum Gasteiger partial charge on any atom is 0.227 e. The van der Waals surface area contributed by atoms with E-state index in [1.165, 1.54) is 4.31 Å². The Balaban J connectivity index is 1.22. The number of sulfonamides is 1. The molecule has 0 bridgehead atoms. The second kappa shape index (κ2) is 8.65. The third kappa shape index (κ3) is 4.51. The van der Waals surface area contributed by atoms with Crippen molar-refractivity contribution in [3.8, 4) is 0 Å². The molecule has 6 nitrogen and oxygen atoms in total. The van der Waals surface area contributed by atoms with Gasteiger partial charge in [-0.05, 0) is 43.5 Å². The lowest BCUT2D eigenvalue weighted by Crippen LogP contribution is -2.41. The van der Waals surface area contributed by atoms with E-state index in [0.717, 1.165) is 33.1 Å². The first-order valence-electron chi connectivity index (χ1n) is 11.1. The van der Waals surface area contributed by atoms with Crippen LogP contribution in [0.5, 0.6) is 0 Å². The fourth-order valence-corrected chi connectivity index (χ4v) is 6.10. The first-order chi connectivity index (χ1) is 15.9. The highest BCUT2D eigenvalue weighted by molar-refractivity contribution is 7.88. The number of amides is 1. The van der Waals surface area contributed by atoms with Crippen molar-refractivity contribution in [1.82, 2.24) is 4.31 Å². The average Bonchev–Trinajstić information content (AvgIpc) is 3.16. The second-order valence-corrected chi connectivity index (χ2v) is 10.7. The number of nitrogens with one attached hydrogen (secondary N) is 1. The Morgan fingerprint density at radius 2 is 1.73 bits per heavy atom. The molecule has 1 aromatic heterocycles. The zero-order valence-corrected chi connectivity index (χ0v) is 19.3. The van der Waals surface area contributed by atoms with E-state index in [1.807, 2.05) is 73.7 Å². The maximum absolute atomic E-state index is 12.9. The summed E-state index contributed by atoms with van der Waals surface area (Å²) in [5.74, 6) is -0.314. The van der Waals surface area contributed by atoms with Gasteiger partial charge in [0.05, 0.1) is 5.75 Å². The number of furan rings is 1. The van der Waals surface area contributed by atoms with Crippen LogP contribution in [0.4, 0.5) is 5.69 Å². The van der Waals surface area contributed by atoms with Gasteiger partial charge in [0.15, 0.2) is 0 Å². The predicted molar refractivity (Wildman–Crippen MR) is 130 cm³/mol. The smallest absolute Gasteiger partial charge is 0.227 e. The van der Waals surface area contributed by atoms with Crippen molar-refractivity contribution in [1.29, 1.82) is 0 Å². The van der Waals surface area contributed by atoms with Crippen LogP contribution >= 0.6 is 0 Å². The molecule has 0 atom stereocenters. The minimum Gasteiger partial charge on any atom is -0.456 e. The molecule has 0 aliphatic carbocycles. The number of hydrogen-bond donors (Lipinski definition) is 1. The Labute approximate surface area is 193 Å². The van der Waals surface area contributed by atoms with Gasteiger partial charge >= 0.3 is 0 Å². The number of anilines is 1. The molecule has 1 aliphatic rings. The van der Waals surface area contributed by atoms with Gasteiger partial charge in [-0.2, -0.15) is 0 Å². The third-order valence-electron chi connectivity index (χ3n) is 6.30. The van der Waals surface area contributed by atoms with E-state index in [9.17, 15) is 13.2 Å². The molecule has 0 unspecified atom stereocenters. The number of aryl methyl sites for hydroxylation is 1.